The highest BCUT2D eigenvalue weighted by molar-refractivity contribution is 6.00. The standard InChI is InChI=1S/C25H25N5O3/c1-14-8-9-17(10-15(14)2)23-27-24-26-19-12-25(3,4)13-20(31)21(19)22(29(24)28-23)16-6-5-7-18(11-16)30(32)33/h5-11,22H,12-13H2,1-4H3,(H,26,27,28). The molecule has 1 aromatic heterocycles. The molecule has 0 spiro atoms. The lowest BCUT2D eigenvalue weighted by Crippen LogP contribution is -2.36. The van der Waals surface area contributed by atoms with Crippen molar-refractivity contribution in [1.29, 1.82) is 0 Å². The number of hydrogen-bond acceptors (Lipinski definition) is 6. The summed E-state index contributed by atoms with van der Waals surface area (Å²) in [5.41, 5.74) is 5.06. The van der Waals surface area contributed by atoms with E-state index in [4.69, 9.17) is 10.1 Å². The number of rotatable bonds is 3. The number of nitro benzene ring substituents is 1. The van der Waals surface area contributed by atoms with E-state index in [1.54, 1.807) is 10.7 Å². The summed E-state index contributed by atoms with van der Waals surface area (Å²) in [6.07, 6.45) is 1.10. The third kappa shape index (κ3) is 3.61. The fraction of sp³-hybridized carbons (Fsp3) is 0.320. The maximum atomic E-state index is 13.3. The number of carbonyl (C=O) groups excluding carboxylic acids is 1. The van der Waals surface area contributed by atoms with Gasteiger partial charge in [-0.15, -0.1) is 5.10 Å². The summed E-state index contributed by atoms with van der Waals surface area (Å²) in [5.74, 6) is 1.10. The fourth-order valence-corrected chi connectivity index (χ4v) is 4.73. The Morgan fingerprint density at radius 1 is 1.12 bits per heavy atom. The molecular formula is C25H25N5O3. The van der Waals surface area contributed by atoms with E-state index in [0.717, 1.165) is 16.8 Å². The van der Waals surface area contributed by atoms with E-state index in [1.807, 2.05) is 31.2 Å². The molecule has 8 heteroatoms. The third-order valence-corrected chi connectivity index (χ3v) is 6.49. The van der Waals surface area contributed by atoms with Crippen LogP contribution in [0.25, 0.3) is 11.4 Å². The van der Waals surface area contributed by atoms with Crippen LogP contribution in [0.4, 0.5) is 11.6 Å². The Balaban J connectivity index is 1.69. The zero-order chi connectivity index (χ0) is 23.5. The Labute approximate surface area is 191 Å². The molecule has 2 aliphatic rings. The van der Waals surface area contributed by atoms with Gasteiger partial charge in [0.15, 0.2) is 11.6 Å². The Morgan fingerprint density at radius 3 is 2.64 bits per heavy atom. The molecule has 0 radical (unpaired) electrons. The number of Topliss-reactive ketones (excluding diaryl/α,β-unsaturated/α-hetero) is 1. The van der Waals surface area contributed by atoms with Gasteiger partial charge >= 0.3 is 0 Å². The molecule has 1 unspecified atom stereocenters. The van der Waals surface area contributed by atoms with Crippen molar-refractivity contribution in [3.63, 3.8) is 0 Å². The maximum absolute atomic E-state index is 13.3. The van der Waals surface area contributed by atoms with Gasteiger partial charge in [0.1, 0.15) is 6.04 Å². The number of carbonyl (C=O) groups is 1. The van der Waals surface area contributed by atoms with E-state index < -0.39 is 11.0 Å². The first kappa shape index (κ1) is 21.1. The van der Waals surface area contributed by atoms with E-state index in [1.165, 1.54) is 17.7 Å². The second-order valence-corrected chi connectivity index (χ2v) is 9.72. The van der Waals surface area contributed by atoms with Gasteiger partial charge in [0.05, 0.1) is 4.92 Å². The Bertz CT molecular complexity index is 1350. The van der Waals surface area contributed by atoms with Crippen molar-refractivity contribution >= 4 is 17.4 Å². The Kier molecular flexibility index (Phi) is 4.70. The largest absolute Gasteiger partial charge is 0.328 e. The first-order chi connectivity index (χ1) is 15.6. The second kappa shape index (κ2) is 7.37. The number of hydrogen-bond donors (Lipinski definition) is 1. The number of aryl methyl sites for hydroxylation is 2. The molecule has 8 nitrogen and oxygen atoms in total. The minimum atomic E-state index is -0.576. The first-order valence-corrected chi connectivity index (χ1v) is 10.9. The van der Waals surface area contributed by atoms with Crippen LogP contribution in [0.1, 0.15) is 49.4 Å². The summed E-state index contributed by atoms with van der Waals surface area (Å²) in [4.78, 5) is 29.1. The predicted molar refractivity (Wildman–Crippen MR) is 125 cm³/mol. The Hall–Kier alpha value is -3.81. The van der Waals surface area contributed by atoms with Gasteiger partial charge in [-0.25, -0.2) is 4.68 Å². The van der Waals surface area contributed by atoms with Gasteiger partial charge in [0.2, 0.25) is 5.95 Å². The zero-order valence-corrected chi connectivity index (χ0v) is 19.0. The number of nitrogens with one attached hydrogen (secondary N) is 1. The van der Waals surface area contributed by atoms with Crippen LogP contribution >= 0.6 is 0 Å². The fourth-order valence-electron chi connectivity index (χ4n) is 4.73. The summed E-state index contributed by atoms with van der Waals surface area (Å²) in [6, 6.07) is 11.9. The molecule has 0 bridgehead atoms. The van der Waals surface area contributed by atoms with E-state index in [0.29, 0.717) is 35.8 Å². The van der Waals surface area contributed by atoms with Gasteiger partial charge in [-0.2, -0.15) is 4.98 Å². The van der Waals surface area contributed by atoms with Crippen LogP contribution in [-0.4, -0.2) is 25.5 Å². The zero-order valence-electron chi connectivity index (χ0n) is 19.0. The number of allylic oxidation sites excluding steroid dienone is 2. The topological polar surface area (TPSA) is 103 Å². The molecule has 1 N–H and O–H groups in total. The van der Waals surface area contributed by atoms with E-state index in [9.17, 15) is 14.9 Å². The quantitative estimate of drug-likeness (QED) is 0.445. The van der Waals surface area contributed by atoms with Crippen LogP contribution in [0.5, 0.6) is 0 Å². The van der Waals surface area contributed by atoms with Gasteiger partial charge in [-0.1, -0.05) is 38.1 Å². The molecule has 0 saturated carbocycles. The van der Waals surface area contributed by atoms with Crippen LogP contribution in [0, 0.1) is 29.4 Å². The third-order valence-electron chi connectivity index (χ3n) is 6.49. The SMILES string of the molecule is Cc1ccc(-c2nc3n(n2)C(c2cccc([N+](=O)[O-])c2)C2=C(CC(C)(C)CC2=O)N3)cc1C. The van der Waals surface area contributed by atoms with Crippen molar-refractivity contribution in [2.24, 2.45) is 5.41 Å². The normalized spacial score (nSPS) is 19.0. The molecule has 2 aromatic carbocycles. The number of nitro groups is 1. The van der Waals surface area contributed by atoms with Crippen LogP contribution in [0.15, 0.2) is 53.7 Å². The summed E-state index contributed by atoms with van der Waals surface area (Å²) in [6.45, 7) is 8.23. The summed E-state index contributed by atoms with van der Waals surface area (Å²) in [7, 11) is 0. The molecule has 0 fully saturated rings. The average Bonchev–Trinajstić information content (AvgIpc) is 3.17. The van der Waals surface area contributed by atoms with Crippen LogP contribution in [0.3, 0.4) is 0 Å². The minimum Gasteiger partial charge on any atom is -0.328 e. The Morgan fingerprint density at radius 2 is 1.91 bits per heavy atom. The molecule has 1 aliphatic carbocycles. The number of nitrogens with zero attached hydrogens (tertiary/aromatic N) is 4. The molecule has 33 heavy (non-hydrogen) atoms. The molecule has 2 heterocycles. The highest BCUT2D eigenvalue weighted by atomic mass is 16.6. The molecule has 3 aromatic rings. The lowest BCUT2D eigenvalue weighted by Gasteiger charge is -2.38. The van der Waals surface area contributed by atoms with Crippen molar-refractivity contribution in [2.75, 3.05) is 5.32 Å². The second-order valence-electron chi connectivity index (χ2n) is 9.72. The van der Waals surface area contributed by atoms with Crippen molar-refractivity contribution in [3.8, 4) is 11.4 Å². The van der Waals surface area contributed by atoms with Gasteiger partial charge < -0.3 is 5.32 Å². The highest BCUT2D eigenvalue weighted by Crippen LogP contribution is 2.46. The predicted octanol–water partition coefficient (Wildman–Crippen LogP) is 5.13. The molecule has 1 aliphatic heterocycles. The van der Waals surface area contributed by atoms with Crippen molar-refractivity contribution in [3.05, 3.63) is 80.5 Å². The minimum absolute atomic E-state index is 0.0205. The lowest BCUT2D eigenvalue weighted by molar-refractivity contribution is -0.384. The molecule has 5 rings (SSSR count). The van der Waals surface area contributed by atoms with Crippen LogP contribution < -0.4 is 5.32 Å². The smallest absolute Gasteiger partial charge is 0.269 e. The molecule has 0 amide bonds. The molecule has 168 valence electrons. The van der Waals surface area contributed by atoms with E-state index >= 15 is 0 Å². The van der Waals surface area contributed by atoms with Gasteiger partial charge in [0, 0.05) is 35.4 Å². The summed E-state index contributed by atoms with van der Waals surface area (Å²) in [5, 5.41) is 19.6. The number of ketones is 1. The van der Waals surface area contributed by atoms with Gasteiger partial charge in [-0.3, -0.25) is 14.9 Å². The van der Waals surface area contributed by atoms with Crippen molar-refractivity contribution in [2.45, 2.75) is 46.6 Å². The molecule has 1 atom stereocenters. The first-order valence-electron chi connectivity index (χ1n) is 10.9. The van der Waals surface area contributed by atoms with Gasteiger partial charge in [-0.05, 0) is 48.4 Å². The maximum Gasteiger partial charge on any atom is 0.269 e. The molecule has 0 saturated heterocycles. The lowest BCUT2D eigenvalue weighted by atomic mass is 9.73. The van der Waals surface area contributed by atoms with Crippen LogP contribution in [0.2, 0.25) is 0 Å². The van der Waals surface area contributed by atoms with E-state index in [2.05, 4.69) is 26.1 Å². The number of benzene rings is 2. The average molecular weight is 444 g/mol. The summed E-state index contributed by atoms with van der Waals surface area (Å²) >= 11 is 0. The van der Waals surface area contributed by atoms with Crippen molar-refractivity contribution in [1.82, 2.24) is 14.8 Å². The monoisotopic (exact) mass is 443 g/mol. The highest BCUT2D eigenvalue weighted by Gasteiger charge is 2.42. The van der Waals surface area contributed by atoms with Gasteiger partial charge in [0.25, 0.3) is 5.69 Å². The van der Waals surface area contributed by atoms with E-state index in [-0.39, 0.29) is 16.9 Å². The molecular weight excluding hydrogens is 418 g/mol. The number of fused-ring (bicyclic) bond motifs is 1. The van der Waals surface area contributed by atoms with Crippen molar-refractivity contribution < 1.29 is 9.72 Å². The number of non-ortho nitro benzene ring substituents is 1. The number of aromatic nitrogens is 3. The summed E-state index contributed by atoms with van der Waals surface area (Å²) < 4.78 is 1.69. The number of anilines is 1. The van der Waals surface area contributed by atoms with Crippen LogP contribution in [-0.2, 0) is 4.79 Å².